The summed E-state index contributed by atoms with van der Waals surface area (Å²) in [6.07, 6.45) is 1.80. The van der Waals surface area contributed by atoms with E-state index in [4.69, 9.17) is 5.73 Å². The van der Waals surface area contributed by atoms with E-state index in [9.17, 15) is 0 Å². The maximum absolute atomic E-state index is 5.75. The van der Waals surface area contributed by atoms with Crippen LogP contribution in [-0.4, -0.2) is 4.37 Å². The molecule has 2 N–H and O–H groups in total. The van der Waals surface area contributed by atoms with Crippen molar-refractivity contribution in [2.75, 3.05) is 5.73 Å². The lowest BCUT2D eigenvalue weighted by Gasteiger charge is -2.01. The zero-order chi connectivity index (χ0) is 9.26. The van der Waals surface area contributed by atoms with Crippen molar-refractivity contribution >= 4 is 17.2 Å². The minimum Gasteiger partial charge on any atom is -0.399 e. The summed E-state index contributed by atoms with van der Waals surface area (Å²) in [5.74, 6) is 0. The van der Waals surface area contributed by atoms with Crippen molar-refractivity contribution < 1.29 is 0 Å². The normalized spacial score (nSPS) is 10.2. The zero-order valence-corrected chi connectivity index (χ0v) is 8.14. The molecule has 0 aliphatic heterocycles. The van der Waals surface area contributed by atoms with E-state index in [1.54, 1.807) is 6.20 Å². The molecule has 0 aliphatic carbocycles. The van der Waals surface area contributed by atoms with Crippen LogP contribution in [0.1, 0.15) is 5.56 Å². The van der Waals surface area contributed by atoms with E-state index in [-0.39, 0.29) is 0 Å². The number of aromatic nitrogens is 1. The minimum atomic E-state index is 0.809. The van der Waals surface area contributed by atoms with Crippen molar-refractivity contribution in [1.29, 1.82) is 0 Å². The van der Waals surface area contributed by atoms with Crippen LogP contribution in [0, 0.1) is 6.92 Å². The van der Waals surface area contributed by atoms with Gasteiger partial charge in [-0.2, -0.15) is 0 Å². The van der Waals surface area contributed by atoms with Crippen LogP contribution >= 0.6 is 11.5 Å². The predicted octanol–water partition coefficient (Wildman–Crippen LogP) is 2.70. The Hall–Kier alpha value is -1.35. The van der Waals surface area contributed by atoms with Gasteiger partial charge in [0.1, 0.15) is 0 Å². The van der Waals surface area contributed by atoms with Crippen LogP contribution in [0.3, 0.4) is 0 Å². The molecule has 2 rings (SSSR count). The molecule has 13 heavy (non-hydrogen) atoms. The quantitative estimate of drug-likeness (QED) is 0.702. The molecule has 0 radical (unpaired) electrons. The molecule has 2 nitrogen and oxygen atoms in total. The molecule has 2 aromatic rings. The van der Waals surface area contributed by atoms with Crippen LogP contribution in [0.25, 0.3) is 10.4 Å². The molecule has 0 bridgehead atoms. The first-order chi connectivity index (χ1) is 6.25. The van der Waals surface area contributed by atoms with Gasteiger partial charge in [0, 0.05) is 11.9 Å². The molecule has 1 heterocycles. The largest absolute Gasteiger partial charge is 0.399 e. The zero-order valence-electron chi connectivity index (χ0n) is 7.32. The summed E-state index contributed by atoms with van der Waals surface area (Å²) in [7, 11) is 0. The van der Waals surface area contributed by atoms with Crippen LogP contribution in [0.15, 0.2) is 30.5 Å². The van der Waals surface area contributed by atoms with E-state index in [0.29, 0.717) is 0 Å². The summed E-state index contributed by atoms with van der Waals surface area (Å²) in [6, 6.07) is 8.05. The molecule has 3 heteroatoms. The Morgan fingerprint density at radius 3 is 2.77 bits per heavy atom. The molecule has 0 saturated carbocycles. The highest BCUT2D eigenvalue weighted by Gasteiger charge is 2.00. The highest BCUT2D eigenvalue weighted by atomic mass is 32.1. The molecule has 0 unspecified atom stereocenters. The molecule has 66 valence electrons. The Morgan fingerprint density at radius 1 is 1.31 bits per heavy atom. The Bertz CT molecular complexity index is 387. The maximum atomic E-state index is 5.75. The first-order valence-corrected chi connectivity index (χ1v) is 4.81. The SMILES string of the molecule is Cc1cc(N)cc(-c2ccns2)c1. The summed E-state index contributed by atoms with van der Waals surface area (Å²) in [4.78, 5) is 1.16. The molecule has 1 aromatic heterocycles. The van der Waals surface area contributed by atoms with Crippen molar-refractivity contribution in [2.45, 2.75) is 6.92 Å². The minimum absolute atomic E-state index is 0.809. The number of hydrogen-bond donors (Lipinski definition) is 1. The number of benzene rings is 1. The Balaban J connectivity index is 2.53. The molecule has 0 atom stereocenters. The summed E-state index contributed by atoms with van der Waals surface area (Å²) >= 11 is 1.49. The number of nitrogen functional groups attached to an aromatic ring is 1. The average molecular weight is 190 g/mol. The Morgan fingerprint density at radius 2 is 2.15 bits per heavy atom. The maximum Gasteiger partial charge on any atom is 0.0550 e. The van der Waals surface area contributed by atoms with E-state index in [1.165, 1.54) is 17.1 Å². The Kier molecular flexibility index (Phi) is 2.02. The van der Waals surface area contributed by atoms with Gasteiger partial charge in [-0.15, -0.1) is 0 Å². The van der Waals surface area contributed by atoms with Crippen LogP contribution < -0.4 is 5.73 Å². The van der Waals surface area contributed by atoms with Gasteiger partial charge in [-0.25, -0.2) is 4.37 Å². The molecule has 0 amide bonds. The van der Waals surface area contributed by atoms with Crippen molar-refractivity contribution in [3.63, 3.8) is 0 Å². The molecular weight excluding hydrogens is 180 g/mol. The Labute approximate surface area is 81.2 Å². The summed E-state index contributed by atoms with van der Waals surface area (Å²) < 4.78 is 4.06. The van der Waals surface area contributed by atoms with Gasteiger partial charge < -0.3 is 5.73 Å². The third-order valence-corrected chi connectivity index (χ3v) is 2.62. The highest BCUT2D eigenvalue weighted by molar-refractivity contribution is 7.09. The lowest BCUT2D eigenvalue weighted by Crippen LogP contribution is -1.86. The lowest BCUT2D eigenvalue weighted by molar-refractivity contribution is 1.48. The number of anilines is 1. The lowest BCUT2D eigenvalue weighted by atomic mass is 10.1. The molecule has 0 saturated heterocycles. The fourth-order valence-electron chi connectivity index (χ4n) is 1.32. The monoisotopic (exact) mass is 190 g/mol. The third kappa shape index (κ3) is 1.70. The topological polar surface area (TPSA) is 38.9 Å². The first kappa shape index (κ1) is 8.26. The third-order valence-electron chi connectivity index (χ3n) is 1.82. The number of hydrogen-bond acceptors (Lipinski definition) is 3. The van der Waals surface area contributed by atoms with E-state index in [1.807, 2.05) is 25.1 Å². The highest BCUT2D eigenvalue weighted by Crippen LogP contribution is 2.25. The second-order valence-electron chi connectivity index (χ2n) is 3.01. The fourth-order valence-corrected chi connectivity index (χ4v) is 1.90. The van der Waals surface area contributed by atoms with Crippen molar-refractivity contribution in [2.24, 2.45) is 0 Å². The number of nitrogens with zero attached hydrogens (tertiary/aromatic N) is 1. The van der Waals surface area contributed by atoms with Gasteiger partial charge >= 0.3 is 0 Å². The van der Waals surface area contributed by atoms with Gasteiger partial charge in [0.05, 0.1) is 4.88 Å². The van der Waals surface area contributed by atoms with E-state index >= 15 is 0 Å². The van der Waals surface area contributed by atoms with Gasteiger partial charge in [0.15, 0.2) is 0 Å². The summed E-state index contributed by atoms with van der Waals surface area (Å²) in [5.41, 5.74) is 8.89. The van der Waals surface area contributed by atoms with Gasteiger partial charge in [-0.1, -0.05) is 6.07 Å². The van der Waals surface area contributed by atoms with Gasteiger partial charge in [-0.3, -0.25) is 0 Å². The van der Waals surface area contributed by atoms with Crippen LogP contribution in [0.5, 0.6) is 0 Å². The van der Waals surface area contributed by atoms with E-state index in [0.717, 1.165) is 16.1 Å². The standard InChI is InChI=1S/C10H10N2S/c1-7-4-8(6-9(11)5-7)10-2-3-12-13-10/h2-6H,11H2,1H3. The second-order valence-corrected chi connectivity index (χ2v) is 3.84. The second kappa shape index (κ2) is 3.18. The van der Waals surface area contributed by atoms with E-state index in [2.05, 4.69) is 10.4 Å². The molecular formula is C10H10N2S. The molecule has 0 aliphatic rings. The number of nitrogens with two attached hydrogens (primary N) is 1. The van der Waals surface area contributed by atoms with Gasteiger partial charge in [-0.05, 0) is 47.8 Å². The summed E-state index contributed by atoms with van der Waals surface area (Å²) in [5, 5.41) is 0. The van der Waals surface area contributed by atoms with Crippen molar-refractivity contribution in [1.82, 2.24) is 4.37 Å². The summed E-state index contributed by atoms with van der Waals surface area (Å²) in [6.45, 7) is 2.04. The van der Waals surface area contributed by atoms with Crippen molar-refractivity contribution in [3.8, 4) is 10.4 Å². The molecule has 0 spiro atoms. The predicted molar refractivity (Wildman–Crippen MR) is 56.7 cm³/mol. The number of rotatable bonds is 1. The fraction of sp³-hybridized carbons (Fsp3) is 0.100. The van der Waals surface area contributed by atoms with Crippen LogP contribution in [0.2, 0.25) is 0 Å². The molecule has 0 fully saturated rings. The first-order valence-electron chi connectivity index (χ1n) is 4.04. The van der Waals surface area contributed by atoms with Crippen molar-refractivity contribution in [3.05, 3.63) is 36.0 Å². The van der Waals surface area contributed by atoms with Crippen LogP contribution in [-0.2, 0) is 0 Å². The van der Waals surface area contributed by atoms with E-state index < -0.39 is 0 Å². The van der Waals surface area contributed by atoms with Gasteiger partial charge in [0.2, 0.25) is 0 Å². The molecule has 1 aromatic carbocycles. The number of aryl methyl sites for hydroxylation is 1. The smallest absolute Gasteiger partial charge is 0.0550 e. The van der Waals surface area contributed by atoms with Crippen LogP contribution in [0.4, 0.5) is 5.69 Å². The average Bonchev–Trinajstić information content (AvgIpc) is 2.53. The van der Waals surface area contributed by atoms with Gasteiger partial charge in [0.25, 0.3) is 0 Å².